The molecule has 0 aliphatic carbocycles. The molecule has 0 aliphatic heterocycles. The predicted molar refractivity (Wildman–Crippen MR) is 91.8 cm³/mol. The average molecular weight is 348 g/mol. The van der Waals surface area contributed by atoms with Crippen molar-refractivity contribution in [3.05, 3.63) is 63.1 Å². The molecule has 0 atom stereocenters. The zero-order valence-corrected chi connectivity index (χ0v) is 14.5. The molecular weight excluding hydrogens is 326 g/mol. The van der Waals surface area contributed by atoms with E-state index in [9.17, 15) is 0 Å². The first-order valence-corrected chi connectivity index (χ1v) is 8.08. The molecule has 0 amide bonds. The minimum Gasteiger partial charge on any atom is -0.489 e. The normalized spacial score (nSPS) is 10.7. The van der Waals surface area contributed by atoms with Gasteiger partial charge in [-0.1, -0.05) is 41.1 Å². The van der Waals surface area contributed by atoms with Crippen LogP contribution in [-0.2, 0) is 13.2 Å². The van der Waals surface area contributed by atoms with Gasteiger partial charge in [0.25, 0.3) is 0 Å². The van der Waals surface area contributed by atoms with Gasteiger partial charge in [-0.05, 0) is 60.8 Å². The largest absolute Gasteiger partial charge is 0.489 e. The van der Waals surface area contributed by atoms with Crippen molar-refractivity contribution in [1.82, 2.24) is 5.32 Å². The van der Waals surface area contributed by atoms with Crippen molar-refractivity contribution >= 4 is 15.9 Å². The maximum atomic E-state index is 5.98. The first-order chi connectivity index (χ1) is 10.1. The van der Waals surface area contributed by atoms with Crippen LogP contribution in [-0.4, -0.2) is 6.54 Å². The van der Waals surface area contributed by atoms with Crippen molar-refractivity contribution in [2.75, 3.05) is 6.54 Å². The Balaban J connectivity index is 2.09. The van der Waals surface area contributed by atoms with E-state index in [0.717, 1.165) is 23.3 Å². The van der Waals surface area contributed by atoms with Crippen LogP contribution in [0.3, 0.4) is 0 Å². The molecule has 3 heteroatoms. The Labute approximate surface area is 135 Å². The lowest BCUT2D eigenvalue weighted by atomic mass is 10.0. The maximum Gasteiger partial charge on any atom is 0.120 e. The van der Waals surface area contributed by atoms with Crippen molar-refractivity contribution in [2.24, 2.45) is 0 Å². The van der Waals surface area contributed by atoms with Crippen LogP contribution in [0.1, 0.15) is 29.2 Å². The number of hydrogen-bond donors (Lipinski definition) is 1. The van der Waals surface area contributed by atoms with Gasteiger partial charge in [0.1, 0.15) is 12.4 Å². The number of benzene rings is 2. The molecule has 0 unspecified atom stereocenters. The fraction of sp³-hybridized carbons (Fsp3) is 0.333. The molecule has 0 aromatic heterocycles. The lowest BCUT2D eigenvalue weighted by Crippen LogP contribution is -2.12. The maximum absolute atomic E-state index is 5.98. The second-order valence-corrected chi connectivity index (χ2v) is 6.05. The minimum absolute atomic E-state index is 0.612. The van der Waals surface area contributed by atoms with Crippen LogP contribution in [0.15, 0.2) is 40.9 Å². The Hall–Kier alpha value is -1.32. The number of hydrogen-bond acceptors (Lipinski definition) is 2. The molecule has 2 aromatic carbocycles. The van der Waals surface area contributed by atoms with Gasteiger partial charge in [0, 0.05) is 11.0 Å². The molecule has 1 N–H and O–H groups in total. The summed E-state index contributed by atoms with van der Waals surface area (Å²) in [5.41, 5.74) is 5.05. The van der Waals surface area contributed by atoms with Gasteiger partial charge in [-0.25, -0.2) is 0 Å². The molecular formula is C18H22BrNO. The second kappa shape index (κ2) is 7.62. The van der Waals surface area contributed by atoms with E-state index in [-0.39, 0.29) is 0 Å². The predicted octanol–water partition coefficient (Wildman–Crippen LogP) is 4.75. The second-order valence-electron chi connectivity index (χ2n) is 5.19. The van der Waals surface area contributed by atoms with E-state index >= 15 is 0 Å². The highest BCUT2D eigenvalue weighted by Crippen LogP contribution is 2.24. The molecule has 0 saturated heterocycles. The van der Waals surface area contributed by atoms with Gasteiger partial charge < -0.3 is 10.1 Å². The minimum atomic E-state index is 0.612. The van der Waals surface area contributed by atoms with Crippen molar-refractivity contribution in [3.8, 4) is 5.75 Å². The van der Waals surface area contributed by atoms with Crippen molar-refractivity contribution in [3.63, 3.8) is 0 Å². The molecule has 0 saturated carbocycles. The Kier molecular flexibility index (Phi) is 5.83. The number of halogens is 1. The Morgan fingerprint density at radius 1 is 1.10 bits per heavy atom. The Bertz CT molecular complexity index is 590. The molecule has 0 aliphatic rings. The van der Waals surface area contributed by atoms with Crippen LogP contribution in [0.4, 0.5) is 0 Å². The van der Waals surface area contributed by atoms with Gasteiger partial charge in [-0.3, -0.25) is 0 Å². The smallest absolute Gasteiger partial charge is 0.120 e. The fourth-order valence-corrected chi connectivity index (χ4v) is 2.65. The van der Waals surface area contributed by atoms with E-state index in [1.807, 2.05) is 12.1 Å². The molecule has 0 heterocycles. The van der Waals surface area contributed by atoms with E-state index in [1.54, 1.807) is 0 Å². The number of rotatable bonds is 6. The third-order valence-electron chi connectivity index (χ3n) is 3.61. The van der Waals surface area contributed by atoms with Crippen LogP contribution in [0.2, 0.25) is 0 Å². The third-order valence-corrected chi connectivity index (χ3v) is 4.38. The highest BCUT2D eigenvalue weighted by molar-refractivity contribution is 9.10. The first-order valence-electron chi connectivity index (χ1n) is 7.29. The highest BCUT2D eigenvalue weighted by Gasteiger charge is 2.05. The molecule has 21 heavy (non-hydrogen) atoms. The quantitative estimate of drug-likeness (QED) is 0.813. The lowest BCUT2D eigenvalue weighted by Gasteiger charge is -2.13. The van der Waals surface area contributed by atoms with E-state index in [4.69, 9.17) is 4.74 Å². The average Bonchev–Trinajstić information content (AvgIpc) is 2.47. The topological polar surface area (TPSA) is 21.3 Å². The van der Waals surface area contributed by atoms with E-state index in [0.29, 0.717) is 6.61 Å². The zero-order valence-electron chi connectivity index (χ0n) is 12.9. The van der Waals surface area contributed by atoms with Gasteiger partial charge in [-0.2, -0.15) is 0 Å². The summed E-state index contributed by atoms with van der Waals surface area (Å²) in [5, 5.41) is 3.34. The molecule has 0 bridgehead atoms. The van der Waals surface area contributed by atoms with E-state index < -0.39 is 0 Å². The summed E-state index contributed by atoms with van der Waals surface area (Å²) in [6, 6.07) is 12.5. The van der Waals surface area contributed by atoms with Gasteiger partial charge in [0.05, 0.1) is 0 Å². The summed E-state index contributed by atoms with van der Waals surface area (Å²) in [4.78, 5) is 0. The van der Waals surface area contributed by atoms with Crippen LogP contribution in [0, 0.1) is 13.8 Å². The Morgan fingerprint density at radius 2 is 1.81 bits per heavy atom. The SMILES string of the molecule is CCNCc1cc(OCc2c(C)cccc2C)ccc1Br. The summed E-state index contributed by atoms with van der Waals surface area (Å²) in [7, 11) is 0. The van der Waals surface area contributed by atoms with Gasteiger partial charge in [0.2, 0.25) is 0 Å². The molecule has 0 spiro atoms. The summed E-state index contributed by atoms with van der Waals surface area (Å²) in [6.45, 7) is 8.78. The summed E-state index contributed by atoms with van der Waals surface area (Å²) >= 11 is 3.58. The van der Waals surface area contributed by atoms with Gasteiger partial charge >= 0.3 is 0 Å². The molecule has 112 valence electrons. The molecule has 0 fully saturated rings. The highest BCUT2D eigenvalue weighted by atomic mass is 79.9. The molecule has 2 rings (SSSR count). The fourth-order valence-electron chi connectivity index (χ4n) is 2.27. The van der Waals surface area contributed by atoms with E-state index in [2.05, 4.69) is 66.3 Å². The molecule has 2 nitrogen and oxygen atoms in total. The number of aryl methyl sites for hydroxylation is 2. The third kappa shape index (κ3) is 4.32. The number of nitrogens with one attached hydrogen (secondary N) is 1. The monoisotopic (exact) mass is 347 g/mol. The van der Waals surface area contributed by atoms with Crippen LogP contribution in [0.25, 0.3) is 0 Å². The van der Waals surface area contributed by atoms with Crippen LogP contribution >= 0.6 is 15.9 Å². The standard InChI is InChI=1S/C18H22BrNO/c1-4-20-11-15-10-16(8-9-18(15)19)21-12-17-13(2)6-5-7-14(17)3/h5-10,20H,4,11-12H2,1-3H3. The summed E-state index contributed by atoms with van der Waals surface area (Å²) in [5.74, 6) is 0.911. The molecule has 0 radical (unpaired) electrons. The van der Waals surface area contributed by atoms with Crippen molar-refractivity contribution < 1.29 is 4.74 Å². The summed E-state index contributed by atoms with van der Waals surface area (Å²) < 4.78 is 7.09. The summed E-state index contributed by atoms with van der Waals surface area (Å²) in [6.07, 6.45) is 0. The van der Waals surface area contributed by atoms with Crippen molar-refractivity contribution in [1.29, 1.82) is 0 Å². The Morgan fingerprint density at radius 3 is 2.48 bits per heavy atom. The zero-order chi connectivity index (χ0) is 15.2. The van der Waals surface area contributed by atoms with Crippen LogP contribution in [0.5, 0.6) is 5.75 Å². The lowest BCUT2D eigenvalue weighted by molar-refractivity contribution is 0.304. The molecule has 2 aromatic rings. The van der Waals surface area contributed by atoms with Crippen LogP contribution < -0.4 is 10.1 Å². The van der Waals surface area contributed by atoms with Gasteiger partial charge in [-0.15, -0.1) is 0 Å². The van der Waals surface area contributed by atoms with Crippen molar-refractivity contribution in [2.45, 2.75) is 33.9 Å². The first kappa shape index (κ1) is 16.1. The number of ether oxygens (including phenoxy) is 1. The van der Waals surface area contributed by atoms with Gasteiger partial charge in [0.15, 0.2) is 0 Å². The van der Waals surface area contributed by atoms with E-state index in [1.165, 1.54) is 22.3 Å².